The van der Waals surface area contributed by atoms with Crippen molar-refractivity contribution in [3.05, 3.63) is 24.3 Å². The second-order valence-electron chi connectivity index (χ2n) is 3.71. The maximum absolute atomic E-state index is 9.96. The van der Waals surface area contributed by atoms with E-state index in [4.69, 9.17) is 4.74 Å². The van der Waals surface area contributed by atoms with Crippen LogP contribution in [0.5, 0.6) is 0 Å². The number of aliphatic hydroxyl groups is 1. The molecule has 1 aliphatic heterocycles. The largest absolute Gasteiger partial charge is 0.386 e. The number of aromatic nitrogens is 2. The number of hydrogen-bond donors (Lipinski definition) is 1. The van der Waals surface area contributed by atoms with E-state index in [2.05, 4.69) is 9.97 Å². The fourth-order valence-corrected chi connectivity index (χ4v) is 1.78. The van der Waals surface area contributed by atoms with Crippen LogP contribution in [0.2, 0.25) is 0 Å². The molecule has 3 unspecified atom stereocenters. The normalized spacial score (nSPS) is 29.0. The molecule has 1 aliphatic rings. The Kier molecular flexibility index (Phi) is 2.74. The Hall–Kier alpha value is -1.00. The van der Waals surface area contributed by atoms with Gasteiger partial charge in [-0.1, -0.05) is 0 Å². The van der Waals surface area contributed by atoms with Crippen molar-refractivity contribution in [2.75, 3.05) is 6.61 Å². The molecular formula is C10H14N2O2. The lowest BCUT2D eigenvalue weighted by Gasteiger charge is -2.14. The first-order valence-electron chi connectivity index (χ1n) is 4.83. The van der Waals surface area contributed by atoms with E-state index < -0.39 is 6.10 Å². The van der Waals surface area contributed by atoms with Gasteiger partial charge in [0, 0.05) is 18.3 Å². The molecule has 4 heteroatoms. The van der Waals surface area contributed by atoms with E-state index in [1.165, 1.54) is 0 Å². The van der Waals surface area contributed by atoms with Gasteiger partial charge in [0.1, 0.15) is 6.10 Å². The molecule has 0 aromatic carbocycles. The lowest BCUT2D eigenvalue weighted by molar-refractivity contribution is 0.0779. The molecule has 0 amide bonds. The van der Waals surface area contributed by atoms with Gasteiger partial charge in [-0.25, -0.2) is 0 Å². The number of aliphatic hydroxyl groups excluding tert-OH is 1. The second kappa shape index (κ2) is 4.02. The average Bonchev–Trinajstić information content (AvgIpc) is 2.65. The summed E-state index contributed by atoms with van der Waals surface area (Å²) in [7, 11) is 0. The zero-order valence-electron chi connectivity index (χ0n) is 8.13. The fraction of sp³-hybridized carbons (Fsp3) is 0.600. The summed E-state index contributed by atoms with van der Waals surface area (Å²) in [6.45, 7) is 2.63. The van der Waals surface area contributed by atoms with E-state index in [1.807, 2.05) is 6.92 Å². The summed E-state index contributed by atoms with van der Waals surface area (Å²) in [5.74, 6) is 0.154. The molecule has 4 nitrogen and oxygen atoms in total. The molecule has 0 saturated carbocycles. The Balaban J connectivity index is 2.05. The third-order valence-corrected chi connectivity index (χ3v) is 2.56. The van der Waals surface area contributed by atoms with Crippen molar-refractivity contribution in [3.63, 3.8) is 0 Å². The minimum Gasteiger partial charge on any atom is -0.386 e. The molecule has 0 bridgehead atoms. The van der Waals surface area contributed by atoms with Gasteiger partial charge in [-0.3, -0.25) is 9.97 Å². The summed E-state index contributed by atoms with van der Waals surface area (Å²) >= 11 is 0. The Bertz CT molecular complexity index is 291. The van der Waals surface area contributed by atoms with Gasteiger partial charge in [-0.2, -0.15) is 0 Å². The van der Waals surface area contributed by atoms with Crippen LogP contribution in [0.3, 0.4) is 0 Å². The van der Waals surface area contributed by atoms with Crippen molar-refractivity contribution in [3.8, 4) is 0 Å². The van der Waals surface area contributed by atoms with Crippen LogP contribution in [0.4, 0.5) is 0 Å². The van der Waals surface area contributed by atoms with Crippen LogP contribution in [0, 0.1) is 5.92 Å². The molecule has 2 rings (SSSR count). The Labute approximate surface area is 83.0 Å². The van der Waals surface area contributed by atoms with Crippen LogP contribution in [-0.4, -0.2) is 27.8 Å². The van der Waals surface area contributed by atoms with E-state index in [-0.39, 0.29) is 12.0 Å². The summed E-state index contributed by atoms with van der Waals surface area (Å²) in [5, 5.41) is 9.96. The van der Waals surface area contributed by atoms with E-state index >= 15 is 0 Å². The second-order valence-corrected chi connectivity index (χ2v) is 3.71. The minimum absolute atomic E-state index is 0.154. The monoisotopic (exact) mass is 194 g/mol. The van der Waals surface area contributed by atoms with Gasteiger partial charge in [0.2, 0.25) is 0 Å². The Morgan fingerprint density at radius 3 is 3.00 bits per heavy atom. The average molecular weight is 194 g/mol. The first-order chi connectivity index (χ1) is 6.77. The van der Waals surface area contributed by atoms with E-state index in [0.29, 0.717) is 12.3 Å². The summed E-state index contributed by atoms with van der Waals surface area (Å²) in [4.78, 5) is 8.01. The van der Waals surface area contributed by atoms with Crippen LogP contribution in [0.1, 0.15) is 25.1 Å². The van der Waals surface area contributed by atoms with Crippen molar-refractivity contribution in [2.45, 2.75) is 25.6 Å². The van der Waals surface area contributed by atoms with Gasteiger partial charge in [-0.05, 0) is 13.3 Å². The molecule has 2 heterocycles. The Morgan fingerprint density at radius 2 is 2.43 bits per heavy atom. The van der Waals surface area contributed by atoms with E-state index in [0.717, 1.165) is 6.42 Å². The fourth-order valence-electron chi connectivity index (χ4n) is 1.78. The summed E-state index contributed by atoms with van der Waals surface area (Å²) in [6.07, 6.45) is 5.38. The standard InChI is InChI=1S/C10H14N2O2/c1-7-4-8(6-14-7)10(13)9-5-11-2-3-12-9/h2-3,5,7-8,10,13H,4,6H2,1H3. The van der Waals surface area contributed by atoms with E-state index in [1.54, 1.807) is 18.6 Å². The van der Waals surface area contributed by atoms with Crippen molar-refractivity contribution >= 4 is 0 Å². The number of ether oxygens (including phenoxy) is 1. The summed E-state index contributed by atoms with van der Waals surface area (Å²) in [5.41, 5.74) is 0.634. The first-order valence-corrected chi connectivity index (χ1v) is 4.83. The Morgan fingerprint density at radius 1 is 1.57 bits per heavy atom. The first kappa shape index (κ1) is 9.55. The van der Waals surface area contributed by atoms with Crippen molar-refractivity contribution in [1.82, 2.24) is 9.97 Å². The molecule has 14 heavy (non-hydrogen) atoms. The zero-order valence-corrected chi connectivity index (χ0v) is 8.13. The minimum atomic E-state index is -0.548. The van der Waals surface area contributed by atoms with Crippen molar-refractivity contribution < 1.29 is 9.84 Å². The van der Waals surface area contributed by atoms with Crippen LogP contribution >= 0.6 is 0 Å². The van der Waals surface area contributed by atoms with Gasteiger partial charge in [0.25, 0.3) is 0 Å². The molecule has 0 spiro atoms. The SMILES string of the molecule is CC1CC(C(O)c2cnccn2)CO1. The lowest BCUT2D eigenvalue weighted by Crippen LogP contribution is -2.14. The molecule has 76 valence electrons. The molecular weight excluding hydrogens is 180 g/mol. The predicted molar refractivity (Wildman–Crippen MR) is 50.5 cm³/mol. The number of nitrogens with zero attached hydrogens (tertiary/aromatic N) is 2. The number of rotatable bonds is 2. The summed E-state index contributed by atoms with van der Waals surface area (Å²) < 4.78 is 5.40. The van der Waals surface area contributed by atoms with Gasteiger partial charge >= 0.3 is 0 Å². The van der Waals surface area contributed by atoms with Crippen molar-refractivity contribution in [2.24, 2.45) is 5.92 Å². The highest BCUT2D eigenvalue weighted by molar-refractivity contribution is 5.01. The zero-order chi connectivity index (χ0) is 9.97. The topological polar surface area (TPSA) is 55.2 Å². The molecule has 1 aromatic heterocycles. The third kappa shape index (κ3) is 1.91. The highest BCUT2D eigenvalue weighted by atomic mass is 16.5. The van der Waals surface area contributed by atoms with E-state index in [9.17, 15) is 5.11 Å². The molecule has 1 aromatic rings. The van der Waals surface area contributed by atoms with Gasteiger partial charge in [-0.15, -0.1) is 0 Å². The molecule has 0 aliphatic carbocycles. The lowest BCUT2D eigenvalue weighted by atomic mass is 9.97. The molecule has 1 N–H and O–H groups in total. The van der Waals surface area contributed by atoms with Gasteiger partial charge in [0.05, 0.1) is 24.6 Å². The van der Waals surface area contributed by atoms with Gasteiger partial charge in [0.15, 0.2) is 0 Å². The smallest absolute Gasteiger partial charge is 0.103 e. The van der Waals surface area contributed by atoms with Crippen LogP contribution < -0.4 is 0 Å². The highest BCUT2D eigenvalue weighted by Gasteiger charge is 2.29. The quantitative estimate of drug-likeness (QED) is 0.761. The highest BCUT2D eigenvalue weighted by Crippen LogP contribution is 2.29. The molecule has 3 atom stereocenters. The third-order valence-electron chi connectivity index (χ3n) is 2.56. The number of hydrogen-bond acceptors (Lipinski definition) is 4. The maximum atomic E-state index is 9.96. The van der Waals surface area contributed by atoms with Crippen molar-refractivity contribution in [1.29, 1.82) is 0 Å². The maximum Gasteiger partial charge on any atom is 0.103 e. The summed E-state index contributed by atoms with van der Waals surface area (Å²) in [6, 6.07) is 0. The molecule has 1 saturated heterocycles. The van der Waals surface area contributed by atoms with Crippen LogP contribution in [0.25, 0.3) is 0 Å². The predicted octanol–water partition coefficient (Wildman–Crippen LogP) is 0.935. The van der Waals surface area contributed by atoms with Gasteiger partial charge < -0.3 is 9.84 Å². The molecule has 0 radical (unpaired) electrons. The van der Waals surface area contributed by atoms with Crippen LogP contribution in [0.15, 0.2) is 18.6 Å². The molecule has 1 fully saturated rings. The van der Waals surface area contributed by atoms with Crippen LogP contribution in [-0.2, 0) is 4.74 Å².